The van der Waals surface area contributed by atoms with E-state index < -0.39 is 0 Å². The van der Waals surface area contributed by atoms with Crippen LogP contribution in [0.25, 0.3) is 11.0 Å². The summed E-state index contributed by atoms with van der Waals surface area (Å²) in [5, 5.41) is 3.01. The predicted octanol–water partition coefficient (Wildman–Crippen LogP) is 5.22. The molecule has 0 aliphatic heterocycles. The van der Waals surface area contributed by atoms with Gasteiger partial charge in [-0.15, -0.1) is 0 Å². The molecule has 0 aliphatic carbocycles. The highest BCUT2D eigenvalue weighted by molar-refractivity contribution is 5.77. The van der Waals surface area contributed by atoms with E-state index in [-0.39, 0.29) is 11.9 Å². The van der Waals surface area contributed by atoms with Crippen LogP contribution in [0, 0.1) is 0 Å². The molecule has 1 N–H and O–H groups in total. The number of hydrogen-bond donors (Lipinski definition) is 1. The summed E-state index contributed by atoms with van der Waals surface area (Å²) >= 11 is 0. The Bertz CT molecular complexity index is 946. The second-order valence-electron chi connectivity index (χ2n) is 7.48. The van der Waals surface area contributed by atoms with Crippen molar-refractivity contribution >= 4 is 16.9 Å². The number of fused-ring (bicyclic) bond motifs is 1. The number of hydrogen-bond acceptors (Lipinski definition) is 3. The molecule has 154 valence electrons. The first-order valence-electron chi connectivity index (χ1n) is 10.5. The molecule has 29 heavy (non-hydrogen) atoms. The van der Waals surface area contributed by atoms with Crippen LogP contribution in [0.1, 0.15) is 63.9 Å². The van der Waals surface area contributed by atoms with Gasteiger partial charge in [0.15, 0.2) is 0 Å². The van der Waals surface area contributed by atoms with Crippen molar-refractivity contribution in [3.63, 3.8) is 0 Å². The average molecular weight is 394 g/mol. The topological polar surface area (TPSA) is 56.2 Å². The maximum absolute atomic E-state index is 11.8. The molecule has 0 bridgehead atoms. The number of carbonyl (C=O) groups is 1. The Morgan fingerprint density at radius 3 is 2.52 bits per heavy atom. The molecule has 1 amide bonds. The summed E-state index contributed by atoms with van der Waals surface area (Å²) in [5.74, 6) is 2.30. The first-order valence-corrected chi connectivity index (χ1v) is 10.5. The minimum absolute atomic E-state index is 0.0220. The van der Waals surface area contributed by atoms with Gasteiger partial charge in [0.1, 0.15) is 18.2 Å². The van der Waals surface area contributed by atoms with Crippen molar-refractivity contribution in [2.45, 2.75) is 59.0 Å². The van der Waals surface area contributed by atoms with Gasteiger partial charge in [-0.25, -0.2) is 4.98 Å². The number of carbonyl (C=O) groups excluding carboxylic acids is 1. The number of para-hydroxylation sites is 2. The minimum atomic E-state index is -0.162. The molecule has 0 saturated heterocycles. The summed E-state index contributed by atoms with van der Waals surface area (Å²) in [6.45, 7) is 9.46. The summed E-state index contributed by atoms with van der Waals surface area (Å²) in [6, 6.07) is 16.2. The summed E-state index contributed by atoms with van der Waals surface area (Å²) in [4.78, 5) is 16.6. The number of nitrogens with one attached hydrogen (secondary N) is 1. The Morgan fingerprint density at radius 2 is 1.83 bits per heavy atom. The van der Waals surface area contributed by atoms with E-state index in [1.54, 1.807) is 0 Å². The Morgan fingerprint density at radius 1 is 1.10 bits per heavy atom. The lowest BCUT2D eigenvalue weighted by molar-refractivity contribution is -0.121. The molecule has 3 aromatic rings. The van der Waals surface area contributed by atoms with E-state index in [2.05, 4.69) is 41.9 Å². The molecule has 0 spiro atoms. The zero-order valence-electron chi connectivity index (χ0n) is 17.8. The van der Waals surface area contributed by atoms with Crippen LogP contribution in [0.3, 0.4) is 0 Å². The lowest BCUT2D eigenvalue weighted by Gasteiger charge is -2.16. The number of imidazole rings is 1. The van der Waals surface area contributed by atoms with E-state index in [0.29, 0.717) is 25.5 Å². The van der Waals surface area contributed by atoms with Crippen LogP contribution < -0.4 is 10.1 Å². The highest BCUT2D eigenvalue weighted by Crippen LogP contribution is 2.23. The molecule has 0 saturated carbocycles. The molecule has 2 aromatic carbocycles. The Balaban J connectivity index is 1.73. The van der Waals surface area contributed by atoms with Crippen molar-refractivity contribution in [1.29, 1.82) is 0 Å². The third-order valence-corrected chi connectivity index (χ3v) is 5.42. The fourth-order valence-corrected chi connectivity index (χ4v) is 3.45. The monoisotopic (exact) mass is 393 g/mol. The van der Waals surface area contributed by atoms with Crippen molar-refractivity contribution in [3.8, 4) is 5.75 Å². The van der Waals surface area contributed by atoms with Crippen LogP contribution in [-0.4, -0.2) is 22.1 Å². The molecule has 0 fully saturated rings. The predicted molar refractivity (Wildman–Crippen MR) is 117 cm³/mol. The van der Waals surface area contributed by atoms with Crippen molar-refractivity contribution in [2.24, 2.45) is 0 Å². The Hall–Kier alpha value is -2.82. The van der Waals surface area contributed by atoms with E-state index in [4.69, 9.17) is 9.72 Å². The largest absolute Gasteiger partial charge is 0.492 e. The van der Waals surface area contributed by atoms with Gasteiger partial charge >= 0.3 is 0 Å². The molecular formula is C24H31N3O2. The lowest BCUT2D eigenvalue weighted by atomic mass is 9.99. The van der Waals surface area contributed by atoms with Gasteiger partial charge in [-0.3, -0.25) is 4.79 Å². The van der Waals surface area contributed by atoms with Crippen LogP contribution in [0.15, 0.2) is 48.5 Å². The smallest absolute Gasteiger partial charge is 0.220 e. The molecular weight excluding hydrogens is 362 g/mol. The Kier molecular flexibility index (Phi) is 6.91. The summed E-state index contributed by atoms with van der Waals surface area (Å²) in [6.07, 6.45) is 1.59. The molecule has 1 aromatic heterocycles. The van der Waals surface area contributed by atoms with Gasteiger partial charge in [0.25, 0.3) is 0 Å². The van der Waals surface area contributed by atoms with Crippen molar-refractivity contribution in [3.05, 3.63) is 59.9 Å². The van der Waals surface area contributed by atoms with Crippen molar-refractivity contribution in [2.75, 3.05) is 6.61 Å². The molecule has 0 radical (unpaired) electrons. The second kappa shape index (κ2) is 9.59. The van der Waals surface area contributed by atoms with Crippen LogP contribution >= 0.6 is 0 Å². The van der Waals surface area contributed by atoms with Crippen LogP contribution in [0.2, 0.25) is 0 Å². The first kappa shape index (κ1) is 20.9. The second-order valence-corrected chi connectivity index (χ2v) is 7.48. The quantitative estimate of drug-likeness (QED) is 0.542. The maximum atomic E-state index is 11.8. The van der Waals surface area contributed by atoms with Gasteiger partial charge in [-0.2, -0.15) is 0 Å². The number of benzene rings is 2. The van der Waals surface area contributed by atoms with Crippen molar-refractivity contribution in [1.82, 2.24) is 14.9 Å². The molecule has 5 nitrogen and oxygen atoms in total. The fraction of sp³-hybridized carbons (Fsp3) is 0.417. The highest BCUT2D eigenvalue weighted by Gasteiger charge is 2.17. The molecule has 2 unspecified atom stereocenters. The van der Waals surface area contributed by atoms with E-state index in [9.17, 15) is 4.79 Å². The van der Waals surface area contributed by atoms with Gasteiger partial charge in [-0.1, -0.05) is 45.0 Å². The summed E-state index contributed by atoms with van der Waals surface area (Å²) in [7, 11) is 0. The van der Waals surface area contributed by atoms with Gasteiger partial charge in [-0.05, 0) is 49.1 Å². The number of ether oxygens (including phenoxy) is 1. The molecule has 5 heteroatoms. The van der Waals surface area contributed by atoms with E-state index in [0.717, 1.165) is 29.0 Å². The SMILES string of the molecule is CCC(=O)NC(C)c1nc2ccccc2n1CCOc1ccc(C(C)CC)cc1. The third kappa shape index (κ3) is 4.97. The fourth-order valence-electron chi connectivity index (χ4n) is 3.45. The first-order chi connectivity index (χ1) is 14.0. The van der Waals surface area contributed by atoms with Gasteiger partial charge in [0, 0.05) is 6.42 Å². The zero-order valence-corrected chi connectivity index (χ0v) is 17.8. The molecule has 1 heterocycles. The van der Waals surface area contributed by atoms with Crippen LogP contribution in [0.4, 0.5) is 0 Å². The molecule has 0 aliphatic rings. The number of amides is 1. The minimum Gasteiger partial charge on any atom is -0.492 e. The zero-order chi connectivity index (χ0) is 20.8. The number of aromatic nitrogens is 2. The number of nitrogens with zero attached hydrogens (tertiary/aromatic N) is 2. The van der Waals surface area contributed by atoms with Crippen molar-refractivity contribution < 1.29 is 9.53 Å². The summed E-state index contributed by atoms with van der Waals surface area (Å²) < 4.78 is 8.14. The standard InChI is InChI=1S/C24H31N3O2/c1-5-17(3)19-11-13-20(14-12-19)29-16-15-27-22-10-8-7-9-21(22)26-24(27)18(4)25-23(28)6-2/h7-14,17-18H,5-6,15-16H2,1-4H3,(H,25,28). The Labute approximate surface area is 173 Å². The van der Waals surface area contributed by atoms with E-state index in [1.165, 1.54) is 5.56 Å². The van der Waals surface area contributed by atoms with Gasteiger partial charge in [0.2, 0.25) is 5.91 Å². The maximum Gasteiger partial charge on any atom is 0.220 e. The third-order valence-electron chi connectivity index (χ3n) is 5.42. The lowest BCUT2D eigenvalue weighted by Crippen LogP contribution is -2.28. The van der Waals surface area contributed by atoms with Crippen LogP contribution in [0.5, 0.6) is 5.75 Å². The number of rotatable bonds is 9. The molecule has 2 atom stereocenters. The normalized spacial score (nSPS) is 13.2. The highest BCUT2D eigenvalue weighted by atomic mass is 16.5. The summed E-state index contributed by atoms with van der Waals surface area (Å²) in [5.41, 5.74) is 3.32. The van der Waals surface area contributed by atoms with E-state index in [1.807, 2.05) is 44.2 Å². The molecule has 3 rings (SSSR count). The van der Waals surface area contributed by atoms with Gasteiger partial charge < -0.3 is 14.6 Å². The van der Waals surface area contributed by atoms with Crippen LogP contribution in [-0.2, 0) is 11.3 Å². The van der Waals surface area contributed by atoms with E-state index >= 15 is 0 Å². The van der Waals surface area contributed by atoms with Gasteiger partial charge in [0.05, 0.1) is 23.6 Å². The average Bonchev–Trinajstić information content (AvgIpc) is 3.12.